The van der Waals surface area contributed by atoms with Gasteiger partial charge in [-0.25, -0.2) is 4.39 Å². The van der Waals surface area contributed by atoms with Gasteiger partial charge in [0.25, 0.3) is 0 Å². The van der Waals surface area contributed by atoms with Crippen LogP contribution in [0, 0.1) is 24.6 Å². The lowest BCUT2D eigenvalue weighted by Crippen LogP contribution is -2.07. The molecule has 1 aliphatic carbocycles. The van der Waals surface area contributed by atoms with E-state index in [1.165, 1.54) is 12.1 Å². The molecule has 1 aromatic rings. The Morgan fingerprint density at radius 3 is 2.73 bits per heavy atom. The highest BCUT2D eigenvalue weighted by molar-refractivity contribution is 5.85. The van der Waals surface area contributed by atoms with Gasteiger partial charge in [-0.15, -0.1) is 0 Å². The molecule has 2 atom stereocenters. The Hall–Kier alpha value is -1.18. The average molecular weight is 206 g/mol. The third-order valence-electron chi connectivity index (χ3n) is 3.19. The Morgan fingerprint density at radius 1 is 1.53 bits per heavy atom. The van der Waals surface area contributed by atoms with Gasteiger partial charge in [-0.05, 0) is 42.5 Å². The summed E-state index contributed by atoms with van der Waals surface area (Å²) < 4.78 is 12.8. The first-order valence-corrected chi connectivity index (χ1v) is 5.35. The van der Waals surface area contributed by atoms with Crippen LogP contribution < -0.4 is 0 Å². The topological polar surface area (TPSA) is 17.1 Å². The highest BCUT2D eigenvalue weighted by Crippen LogP contribution is 2.39. The molecule has 1 fully saturated rings. The molecule has 2 rings (SSSR count). The number of benzene rings is 1. The van der Waals surface area contributed by atoms with Crippen LogP contribution >= 0.6 is 0 Å². The third-order valence-corrected chi connectivity index (χ3v) is 3.19. The van der Waals surface area contributed by atoms with Crippen molar-refractivity contribution in [3.8, 4) is 0 Å². The summed E-state index contributed by atoms with van der Waals surface area (Å²) in [6, 6.07) is 4.63. The summed E-state index contributed by atoms with van der Waals surface area (Å²) in [5.41, 5.74) is 1.83. The van der Waals surface area contributed by atoms with Crippen molar-refractivity contribution in [2.24, 2.45) is 11.8 Å². The fourth-order valence-electron chi connectivity index (χ4n) is 1.95. The molecule has 15 heavy (non-hydrogen) atoms. The van der Waals surface area contributed by atoms with Crippen molar-refractivity contribution < 1.29 is 9.18 Å². The number of hydrogen-bond donors (Lipinski definition) is 0. The van der Waals surface area contributed by atoms with Crippen LogP contribution in [-0.2, 0) is 11.2 Å². The Morgan fingerprint density at radius 2 is 2.20 bits per heavy atom. The molecule has 1 aliphatic rings. The molecule has 0 N–H and O–H groups in total. The zero-order valence-electron chi connectivity index (χ0n) is 9.09. The van der Waals surface area contributed by atoms with Gasteiger partial charge in [0.15, 0.2) is 0 Å². The first-order valence-electron chi connectivity index (χ1n) is 5.35. The molecule has 0 spiro atoms. The van der Waals surface area contributed by atoms with Crippen LogP contribution in [0.4, 0.5) is 4.39 Å². The first-order chi connectivity index (χ1) is 7.08. The smallest absolute Gasteiger partial charge is 0.140 e. The molecule has 0 amide bonds. The lowest BCUT2D eigenvalue weighted by molar-refractivity contribution is -0.119. The molecular formula is C13H15FO. The van der Waals surface area contributed by atoms with Crippen LogP contribution in [0.2, 0.25) is 0 Å². The standard InChI is InChI=1S/C13H15FO/c1-8-5-11(14)4-3-10(8)7-13(15)12-6-9(12)2/h3-5,9,12H,6-7H2,1-2H3. The lowest BCUT2D eigenvalue weighted by Gasteiger charge is -2.04. The quantitative estimate of drug-likeness (QED) is 0.743. The summed E-state index contributed by atoms with van der Waals surface area (Å²) >= 11 is 0. The van der Waals surface area contributed by atoms with Gasteiger partial charge < -0.3 is 0 Å². The molecule has 0 radical (unpaired) electrons. The second-order valence-electron chi connectivity index (χ2n) is 4.53. The molecule has 2 heteroatoms. The highest BCUT2D eigenvalue weighted by Gasteiger charge is 2.38. The van der Waals surface area contributed by atoms with Crippen molar-refractivity contribution in [2.75, 3.05) is 0 Å². The molecule has 0 aliphatic heterocycles. The van der Waals surface area contributed by atoms with E-state index in [1.54, 1.807) is 6.07 Å². The van der Waals surface area contributed by atoms with Crippen LogP contribution in [0.25, 0.3) is 0 Å². The Labute approximate surface area is 89.3 Å². The maximum atomic E-state index is 12.8. The third kappa shape index (κ3) is 2.25. The number of ketones is 1. The van der Waals surface area contributed by atoms with Gasteiger partial charge in [0, 0.05) is 12.3 Å². The molecule has 0 aromatic heterocycles. The van der Waals surface area contributed by atoms with Gasteiger partial charge in [0.1, 0.15) is 11.6 Å². The first kappa shape index (κ1) is 10.3. The van der Waals surface area contributed by atoms with E-state index < -0.39 is 0 Å². The van der Waals surface area contributed by atoms with E-state index in [0.29, 0.717) is 18.1 Å². The molecule has 1 saturated carbocycles. The minimum atomic E-state index is -0.233. The Balaban J connectivity index is 2.07. The average Bonchev–Trinajstić information content (AvgIpc) is 2.88. The van der Waals surface area contributed by atoms with Crippen LogP contribution in [0.3, 0.4) is 0 Å². The van der Waals surface area contributed by atoms with Crippen molar-refractivity contribution in [2.45, 2.75) is 26.7 Å². The Bertz CT molecular complexity index is 398. The molecule has 80 valence electrons. The maximum Gasteiger partial charge on any atom is 0.140 e. The second-order valence-corrected chi connectivity index (χ2v) is 4.53. The lowest BCUT2D eigenvalue weighted by atomic mass is 10.0. The number of carbonyl (C=O) groups excluding carboxylic acids is 1. The molecular weight excluding hydrogens is 191 g/mol. The molecule has 0 bridgehead atoms. The summed E-state index contributed by atoms with van der Waals surface area (Å²) in [5, 5.41) is 0. The van der Waals surface area contributed by atoms with Crippen LogP contribution in [0.15, 0.2) is 18.2 Å². The van der Waals surface area contributed by atoms with E-state index in [2.05, 4.69) is 6.92 Å². The minimum Gasteiger partial charge on any atom is -0.299 e. The van der Waals surface area contributed by atoms with E-state index in [4.69, 9.17) is 0 Å². The summed E-state index contributed by atoms with van der Waals surface area (Å²) in [6.45, 7) is 3.95. The highest BCUT2D eigenvalue weighted by atomic mass is 19.1. The maximum absolute atomic E-state index is 12.8. The number of hydrogen-bond acceptors (Lipinski definition) is 1. The summed E-state index contributed by atoms with van der Waals surface area (Å²) in [6.07, 6.45) is 1.49. The monoisotopic (exact) mass is 206 g/mol. The van der Waals surface area contributed by atoms with Crippen molar-refractivity contribution >= 4 is 5.78 Å². The molecule has 1 aromatic carbocycles. The van der Waals surface area contributed by atoms with Crippen molar-refractivity contribution in [3.05, 3.63) is 35.1 Å². The minimum absolute atomic E-state index is 0.233. The SMILES string of the molecule is Cc1cc(F)ccc1CC(=O)C1CC1C. The number of Topliss-reactive ketones (excluding diaryl/α,β-unsaturated/α-hetero) is 1. The predicted molar refractivity (Wildman–Crippen MR) is 57.1 cm³/mol. The van der Waals surface area contributed by atoms with Crippen molar-refractivity contribution in [1.82, 2.24) is 0 Å². The van der Waals surface area contributed by atoms with Gasteiger partial charge >= 0.3 is 0 Å². The molecule has 0 saturated heterocycles. The normalized spacial score (nSPS) is 23.9. The largest absolute Gasteiger partial charge is 0.299 e. The van der Waals surface area contributed by atoms with Crippen molar-refractivity contribution in [3.63, 3.8) is 0 Å². The zero-order chi connectivity index (χ0) is 11.0. The van der Waals surface area contributed by atoms with E-state index in [-0.39, 0.29) is 11.7 Å². The van der Waals surface area contributed by atoms with Crippen LogP contribution in [-0.4, -0.2) is 5.78 Å². The van der Waals surface area contributed by atoms with Crippen molar-refractivity contribution in [1.29, 1.82) is 0 Å². The van der Waals surface area contributed by atoms with E-state index in [1.807, 2.05) is 6.92 Å². The predicted octanol–water partition coefficient (Wildman–Crippen LogP) is 2.90. The number of halogens is 1. The van der Waals surface area contributed by atoms with Gasteiger partial charge in [0.05, 0.1) is 0 Å². The number of rotatable bonds is 3. The van der Waals surface area contributed by atoms with Crippen LogP contribution in [0.1, 0.15) is 24.5 Å². The summed E-state index contributed by atoms with van der Waals surface area (Å²) in [4.78, 5) is 11.7. The van der Waals surface area contributed by atoms with Gasteiger partial charge in [-0.2, -0.15) is 0 Å². The molecule has 1 nitrogen and oxygen atoms in total. The molecule has 2 unspecified atom stereocenters. The second kappa shape index (κ2) is 3.76. The van der Waals surface area contributed by atoms with E-state index in [0.717, 1.165) is 17.5 Å². The Kier molecular flexibility index (Phi) is 2.59. The number of carbonyl (C=O) groups is 1. The van der Waals surface area contributed by atoms with Gasteiger partial charge in [-0.1, -0.05) is 13.0 Å². The van der Waals surface area contributed by atoms with E-state index in [9.17, 15) is 9.18 Å². The fourth-order valence-corrected chi connectivity index (χ4v) is 1.95. The van der Waals surface area contributed by atoms with Crippen LogP contribution in [0.5, 0.6) is 0 Å². The fraction of sp³-hybridized carbons (Fsp3) is 0.462. The summed E-state index contributed by atoms with van der Waals surface area (Å²) in [7, 11) is 0. The van der Waals surface area contributed by atoms with Gasteiger partial charge in [-0.3, -0.25) is 4.79 Å². The van der Waals surface area contributed by atoms with E-state index >= 15 is 0 Å². The number of aryl methyl sites for hydroxylation is 1. The zero-order valence-corrected chi connectivity index (χ0v) is 9.09. The summed E-state index contributed by atoms with van der Waals surface area (Å²) in [5.74, 6) is 0.883. The molecule has 0 heterocycles. The van der Waals surface area contributed by atoms with Gasteiger partial charge in [0.2, 0.25) is 0 Å².